The van der Waals surface area contributed by atoms with Crippen molar-refractivity contribution >= 4 is 21.6 Å². The third-order valence-electron chi connectivity index (χ3n) is 2.53. The number of nitrogen functional groups attached to an aromatic ring is 1. The van der Waals surface area contributed by atoms with Crippen LogP contribution in [0.4, 0.5) is 10.1 Å². The Hall–Kier alpha value is -1.63. The van der Waals surface area contributed by atoms with Crippen LogP contribution in [0.5, 0.6) is 0 Å². The third kappa shape index (κ3) is 1.76. The van der Waals surface area contributed by atoms with Gasteiger partial charge < -0.3 is 5.73 Å². The largest absolute Gasteiger partial charge is 0.399 e. The van der Waals surface area contributed by atoms with Gasteiger partial charge in [0.25, 0.3) is 15.9 Å². The maximum Gasteiger partial charge on any atom is 0.269 e. The zero-order valence-electron chi connectivity index (χ0n) is 8.89. The molecule has 0 bridgehead atoms. The summed E-state index contributed by atoms with van der Waals surface area (Å²) in [5.74, 6) is -0.617. The molecule has 0 radical (unpaired) electrons. The molecule has 5 nitrogen and oxygen atoms in total. The Morgan fingerprint density at radius 3 is 2.71 bits per heavy atom. The van der Waals surface area contributed by atoms with Crippen molar-refractivity contribution in [3.63, 3.8) is 0 Å². The molecule has 1 aliphatic rings. The van der Waals surface area contributed by atoms with Gasteiger partial charge in [-0.25, -0.2) is 12.7 Å². The second-order valence-electron chi connectivity index (χ2n) is 3.68. The van der Waals surface area contributed by atoms with Gasteiger partial charge in [0.2, 0.25) is 0 Å². The number of fused-ring (bicyclic) bond motifs is 1. The summed E-state index contributed by atoms with van der Waals surface area (Å²) in [6.07, 6.45) is -0.00552. The first kappa shape index (κ1) is 11.8. The number of rotatable bonds is 3. The predicted octanol–water partition coefficient (Wildman–Crippen LogP) is 0.773. The quantitative estimate of drug-likeness (QED) is 0.812. The maximum absolute atomic E-state index is 12.1. The van der Waals surface area contributed by atoms with E-state index in [-0.39, 0.29) is 29.1 Å². The summed E-state index contributed by atoms with van der Waals surface area (Å²) < 4.78 is 36.7. The number of carbonyl (C=O) groups is 1. The number of hydrogen-bond donors (Lipinski definition) is 1. The standard InChI is InChI=1S/C10H11FN2O3S/c11-4-1-5-13-10(14)8-3-2-7(12)6-9(8)17(13,15)16/h2-3,6H,1,4-5,12H2. The molecule has 2 N–H and O–H groups in total. The van der Waals surface area contributed by atoms with Crippen molar-refractivity contribution in [1.29, 1.82) is 0 Å². The molecule has 92 valence electrons. The van der Waals surface area contributed by atoms with E-state index in [0.717, 1.165) is 0 Å². The van der Waals surface area contributed by atoms with Crippen molar-refractivity contribution in [3.05, 3.63) is 23.8 Å². The molecular weight excluding hydrogens is 247 g/mol. The van der Waals surface area contributed by atoms with E-state index in [9.17, 15) is 17.6 Å². The Morgan fingerprint density at radius 2 is 2.06 bits per heavy atom. The van der Waals surface area contributed by atoms with Crippen molar-refractivity contribution < 1.29 is 17.6 Å². The summed E-state index contributed by atoms with van der Waals surface area (Å²) in [4.78, 5) is 11.7. The monoisotopic (exact) mass is 258 g/mol. The normalized spacial score (nSPS) is 17.2. The highest BCUT2D eigenvalue weighted by Gasteiger charge is 2.40. The number of anilines is 1. The Kier molecular flexibility index (Phi) is 2.78. The van der Waals surface area contributed by atoms with Crippen LogP contribution < -0.4 is 5.73 Å². The highest BCUT2D eigenvalue weighted by molar-refractivity contribution is 7.90. The molecule has 1 aliphatic heterocycles. The topological polar surface area (TPSA) is 80.5 Å². The van der Waals surface area contributed by atoms with Gasteiger partial charge in [0.15, 0.2) is 0 Å². The van der Waals surface area contributed by atoms with Crippen LogP contribution >= 0.6 is 0 Å². The zero-order valence-corrected chi connectivity index (χ0v) is 9.71. The van der Waals surface area contributed by atoms with Gasteiger partial charge in [-0.05, 0) is 24.6 Å². The Morgan fingerprint density at radius 1 is 1.35 bits per heavy atom. The predicted molar refractivity (Wildman–Crippen MR) is 59.7 cm³/mol. The number of sulfonamides is 1. The van der Waals surface area contributed by atoms with E-state index < -0.39 is 22.6 Å². The molecule has 0 aromatic heterocycles. The molecular formula is C10H11FN2O3S. The molecule has 0 fully saturated rings. The summed E-state index contributed by atoms with van der Waals surface area (Å²) in [5, 5.41) is 0. The highest BCUT2D eigenvalue weighted by Crippen LogP contribution is 2.31. The molecule has 1 heterocycles. The van der Waals surface area contributed by atoms with Gasteiger partial charge in [0, 0.05) is 12.2 Å². The Labute approximate surface area is 98.1 Å². The highest BCUT2D eigenvalue weighted by atomic mass is 32.2. The lowest BCUT2D eigenvalue weighted by Gasteiger charge is -2.13. The van der Waals surface area contributed by atoms with Crippen LogP contribution in [-0.2, 0) is 10.0 Å². The van der Waals surface area contributed by atoms with Gasteiger partial charge >= 0.3 is 0 Å². The SMILES string of the molecule is Nc1ccc2c(c1)S(=O)(=O)N(CCCF)C2=O. The first-order chi connectivity index (χ1) is 7.98. The smallest absolute Gasteiger partial charge is 0.269 e. The number of benzene rings is 1. The maximum atomic E-state index is 12.1. The van der Waals surface area contributed by atoms with Gasteiger partial charge in [-0.15, -0.1) is 0 Å². The van der Waals surface area contributed by atoms with Crippen LogP contribution in [-0.4, -0.2) is 31.8 Å². The van der Waals surface area contributed by atoms with Crippen LogP contribution in [0.1, 0.15) is 16.8 Å². The van der Waals surface area contributed by atoms with Crippen molar-refractivity contribution in [2.24, 2.45) is 0 Å². The summed E-state index contributed by atoms with van der Waals surface area (Å²) in [6, 6.07) is 4.09. The minimum atomic E-state index is -3.85. The Balaban J connectivity index is 2.49. The van der Waals surface area contributed by atoms with Crippen molar-refractivity contribution in [2.75, 3.05) is 19.0 Å². The summed E-state index contributed by atoms with van der Waals surface area (Å²) in [6.45, 7) is -0.815. The van der Waals surface area contributed by atoms with Gasteiger partial charge in [0.1, 0.15) is 4.90 Å². The molecule has 1 aromatic rings. The second-order valence-corrected chi connectivity index (χ2v) is 5.51. The third-order valence-corrected chi connectivity index (χ3v) is 4.35. The minimum Gasteiger partial charge on any atom is -0.399 e. The van der Waals surface area contributed by atoms with Gasteiger partial charge in [-0.3, -0.25) is 9.18 Å². The minimum absolute atomic E-state index is 0.00552. The van der Waals surface area contributed by atoms with E-state index in [0.29, 0.717) is 4.31 Å². The van der Waals surface area contributed by atoms with E-state index in [2.05, 4.69) is 0 Å². The average molecular weight is 258 g/mol. The molecule has 0 saturated heterocycles. The number of nitrogens with two attached hydrogens (primary N) is 1. The number of amides is 1. The number of carbonyl (C=O) groups excluding carboxylic acids is 1. The van der Waals surface area contributed by atoms with Gasteiger partial charge in [-0.1, -0.05) is 0 Å². The number of nitrogens with zero attached hydrogens (tertiary/aromatic N) is 1. The molecule has 0 aliphatic carbocycles. The average Bonchev–Trinajstić information content (AvgIpc) is 2.45. The fourth-order valence-electron chi connectivity index (χ4n) is 1.72. The van der Waals surface area contributed by atoms with E-state index in [4.69, 9.17) is 5.73 Å². The lowest BCUT2D eigenvalue weighted by molar-refractivity contribution is 0.0868. The van der Waals surface area contributed by atoms with Crippen LogP contribution in [0.2, 0.25) is 0 Å². The molecule has 1 aromatic carbocycles. The van der Waals surface area contributed by atoms with E-state index in [1.807, 2.05) is 0 Å². The first-order valence-corrected chi connectivity index (χ1v) is 6.45. The Bertz CT molecular complexity index is 571. The fraction of sp³-hybridized carbons (Fsp3) is 0.300. The van der Waals surface area contributed by atoms with Crippen LogP contribution in [0.15, 0.2) is 23.1 Å². The first-order valence-electron chi connectivity index (χ1n) is 5.01. The molecule has 1 amide bonds. The van der Waals surface area contributed by atoms with E-state index >= 15 is 0 Å². The van der Waals surface area contributed by atoms with Crippen LogP contribution in [0.3, 0.4) is 0 Å². The molecule has 7 heteroatoms. The molecule has 0 spiro atoms. The van der Waals surface area contributed by atoms with Crippen LogP contribution in [0, 0.1) is 0 Å². The molecule has 0 saturated carbocycles. The lowest BCUT2D eigenvalue weighted by Crippen LogP contribution is -2.31. The van der Waals surface area contributed by atoms with Gasteiger partial charge in [-0.2, -0.15) is 0 Å². The van der Waals surface area contributed by atoms with Crippen molar-refractivity contribution in [1.82, 2.24) is 4.31 Å². The summed E-state index contributed by atoms with van der Waals surface area (Å²) in [5.41, 5.74) is 5.85. The zero-order chi connectivity index (χ0) is 12.6. The lowest BCUT2D eigenvalue weighted by atomic mass is 10.2. The van der Waals surface area contributed by atoms with E-state index in [1.54, 1.807) is 0 Å². The molecule has 2 rings (SSSR count). The summed E-state index contributed by atoms with van der Waals surface area (Å²) >= 11 is 0. The second kappa shape index (κ2) is 3.99. The fourth-order valence-corrected chi connectivity index (χ4v) is 3.36. The summed E-state index contributed by atoms with van der Waals surface area (Å²) in [7, 11) is -3.85. The van der Waals surface area contributed by atoms with Crippen molar-refractivity contribution in [2.45, 2.75) is 11.3 Å². The van der Waals surface area contributed by atoms with Crippen molar-refractivity contribution in [3.8, 4) is 0 Å². The van der Waals surface area contributed by atoms with Crippen LogP contribution in [0.25, 0.3) is 0 Å². The number of hydrogen-bond acceptors (Lipinski definition) is 4. The van der Waals surface area contributed by atoms with Gasteiger partial charge in [0.05, 0.1) is 12.2 Å². The molecule has 0 atom stereocenters. The number of halogens is 1. The number of alkyl halides is 1. The molecule has 0 unspecified atom stereocenters. The van der Waals surface area contributed by atoms with E-state index in [1.165, 1.54) is 18.2 Å². The molecule has 17 heavy (non-hydrogen) atoms.